The number of nitrogens with one attached hydrogen (secondary N) is 1. The fraction of sp³-hybridized carbons (Fsp3) is 0.440. The summed E-state index contributed by atoms with van der Waals surface area (Å²) in [6.45, 7) is 8.05. The number of para-hydroxylation sites is 2. The Morgan fingerprint density at radius 3 is 2.35 bits per heavy atom. The molecular weight excluding hydrogens is 392 g/mol. The quantitative estimate of drug-likeness (QED) is 0.587. The highest BCUT2D eigenvalue weighted by molar-refractivity contribution is 5.88. The standard InChI is InChI=1S/C25H34N2O4/c1-6-19(4)26-25(29)21(7-2)27(16-20-12-10-11-18(3)15-20)24(28)17-31-23-14-9-8-13-22(23)30-5/h8-15,19,21H,6-7,16-17H2,1-5H3,(H,26,29)/t19-,21-/m0/s1. The molecule has 0 unspecified atom stereocenters. The zero-order valence-electron chi connectivity index (χ0n) is 19.2. The van der Waals surface area contributed by atoms with Crippen molar-refractivity contribution in [2.45, 2.75) is 59.2 Å². The van der Waals surface area contributed by atoms with Gasteiger partial charge in [0.2, 0.25) is 5.91 Å². The van der Waals surface area contributed by atoms with Gasteiger partial charge < -0.3 is 19.7 Å². The lowest BCUT2D eigenvalue weighted by Gasteiger charge is -2.31. The van der Waals surface area contributed by atoms with E-state index in [2.05, 4.69) is 5.32 Å². The summed E-state index contributed by atoms with van der Waals surface area (Å²) in [6.07, 6.45) is 1.33. The van der Waals surface area contributed by atoms with Crippen LogP contribution in [0.2, 0.25) is 0 Å². The Bertz CT molecular complexity index is 868. The van der Waals surface area contributed by atoms with E-state index in [-0.39, 0.29) is 24.5 Å². The van der Waals surface area contributed by atoms with Gasteiger partial charge in [-0.2, -0.15) is 0 Å². The molecule has 168 valence electrons. The molecule has 0 fully saturated rings. The summed E-state index contributed by atoms with van der Waals surface area (Å²) in [6, 6.07) is 14.6. The maximum absolute atomic E-state index is 13.2. The first-order valence-electron chi connectivity index (χ1n) is 10.8. The van der Waals surface area contributed by atoms with Crippen LogP contribution in [0.15, 0.2) is 48.5 Å². The topological polar surface area (TPSA) is 67.9 Å². The normalized spacial score (nSPS) is 12.5. The van der Waals surface area contributed by atoms with Crippen LogP contribution in [0.4, 0.5) is 0 Å². The Labute approximate surface area is 185 Å². The first-order valence-corrected chi connectivity index (χ1v) is 10.8. The van der Waals surface area contributed by atoms with E-state index < -0.39 is 6.04 Å². The molecule has 0 heterocycles. The Morgan fingerprint density at radius 2 is 1.74 bits per heavy atom. The van der Waals surface area contributed by atoms with Gasteiger partial charge in [0, 0.05) is 12.6 Å². The number of carbonyl (C=O) groups is 2. The van der Waals surface area contributed by atoms with Crippen LogP contribution in [0.1, 0.15) is 44.7 Å². The first kappa shape index (κ1) is 24.3. The van der Waals surface area contributed by atoms with Gasteiger partial charge in [-0.25, -0.2) is 0 Å². The monoisotopic (exact) mass is 426 g/mol. The van der Waals surface area contributed by atoms with Crippen molar-refractivity contribution >= 4 is 11.8 Å². The fourth-order valence-electron chi connectivity index (χ4n) is 3.33. The minimum Gasteiger partial charge on any atom is -0.493 e. The number of hydrogen-bond donors (Lipinski definition) is 1. The van der Waals surface area contributed by atoms with E-state index >= 15 is 0 Å². The van der Waals surface area contributed by atoms with Crippen LogP contribution in [-0.2, 0) is 16.1 Å². The number of nitrogens with zero attached hydrogens (tertiary/aromatic N) is 1. The Morgan fingerprint density at radius 1 is 1.03 bits per heavy atom. The number of aryl methyl sites for hydroxylation is 1. The number of amides is 2. The predicted molar refractivity (Wildman–Crippen MR) is 122 cm³/mol. The average Bonchev–Trinajstić information content (AvgIpc) is 2.77. The fourth-order valence-corrected chi connectivity index (χ4v) is 3.33. The van der Waals surface area contributed by atoms with Crippen LogP contribution in [0.3, 0.4) is 0 Å². The molecule has 0 spiro atoms. The minimum absolute atomic E-state index is 0.0438. The first-order chi connectivity index (χ1) is 14.9. The molecule has 0 aliphatic heterocycles. The molecular formula is C25H34N2O4. The lowest BCUT2D eigenvalue weighted by Crippen LogP contribution is -2.51. The number of carbonyl (C=O) groups excluding carboxylic acids is 2. The molecule has 0 saturated carbocycles. The molecule has 2 aromatic rings. The molecule has 0 saturated heterocycles. The van der Waals surface area contributed by atoms with Crippen molar-refractivity contribution < 1.29 is 19.1 Å². The number of rotatable bonds is 11. The number of hydrogen-bond acceptors (Lipinski definition) is 4. The smallest absolute Gasteiger partial charge is 0.261 e. The van der Waals surface area contributed by atoms with E-state index in [0.29, 0.717) is 24.5 Å². The average molecular weight is 427 g/mol. The second-order valence-corrected chi connectivity index (χ2v) is 7.69. The van der Waals surface area contributed by atoms with Crippen molar-refractivity contribution in [2.75, 3.05) is 13.7 Å². The highest BCUT2D eigenvalue weighted by Gasteiger charge is 2.29. The second-order valence-electron chi connectivity index (χ2n) is 7.69. The zero-order valence-corrected chi connectivity index (χ0v) is 19.2. The van der Waals surface area contributed by atoms with Gasteiger partial charge in [0.25, 0.3) is 5.91 Å². The summed E-state index contributed by atoms with van der Waals surface area (Å²) in [7, 11) is 1.56. The molecule has 2 rings (SSSR count). The maximum atomic E-state index is 13.2. The SMILES string of the molecule is CC[C@H](C)NC(=O)[C@H](CC)N(Cc1cccc(C)c1)C(=O)COc1ccccc1OC. The van der Waals surface area contributed by atoms with Crippen LogP contribution in [-0.4, -0.2) is 42.5 Å². The van der Waals surface area contributed by atoms with Crippen LogP contribution in [0.5, 0.6) is 11.5 Å². The minimum atomic E-state index is -0.580. The lowest BCUT2D eigenvalue weighted by molar-refractivity contribution is -0.143. The third-order valence-electron chi connectivity index (χ3n) is 5.24. The Hall–Kier alpha value is -3.02. The van der Waals surface area contributed by atoms with Gasteiger partial charge in [-0.15, -0.1) is 0 Å². The molecule has 2 atom stereocenters. The van der Waals surface area contributed by atoms with Crippen molar-refractivity contribution in [1.82, 2.24) is 10.2 Å². The summed E-state index contributed by atoms with van der Waals surface area (Å²) in [5, 5.41) is 3.01. The van der Waals surface area contributed by atoms with Crippen molar-refractivity contribution in [2.24, 2.45) is 0 Å². The second kappa shape index (κ2) is 12.0. The summed E-state index contributed by atoms with van der Waals surface area (Å²) >= 11 is 0. The van der Waals surface area contributed by atoms with Crippen LogP contribution in [0, 0.1) is 6.92 Å². The third-order valence-corrected chi connectivity index (χ3v) is 5.24. The van der Waals surface area contributed by atoms with E-state index in [1.165, 1.54) is 0 Å². The molecule has 2 amide bonds. The third kappa shape index (κ3) is 7.02. The van der Waals surface area contributed by atoms with E-state index in [9.17, 15) is 9.59 Å². The highest BCUT2D eigenvalue weighted by atomic mass is 16.5. The van der Waals surface area contributed by atoms with Gasteiger partial charge in [0.1, 0.15) is 6.04 Å². The van der Waals surface area contributed by atoms with E-state index in [0.717, 1.165) is 17.5 Å². The number of methoxy groups -OCH3 is 1. The molecule has 6 nitrogen and oxygen atoms in total. The van der Waals surface area contributed by atoms with Crippen LogP contribution >= 0.6 is 0 Å². The summed E-state index contributed by atoms with van der Waals surface area (Å²) in [5.41, 5.74) is 2.08. The summed E-state index contributed by atoms with van der Waals surface area (Å²) < 4.78 is 11.1. The van der Waals surface area contributed by atoms with Crippen molar-refractivity contribution in [3.63, 3.8) is 0 Å². The van der Waals surface area contributed by atoms with Gasteiger partial charge in [0.05, 0.1) is 7.11 Å². The molecule has 1 N–H and O–H groups in total. The van der Waals surface area contributed by atoms with E-state index in [4.69, 9.17) is 9.47 Å². The molecule has 0 radical (unpaired) electrons. The maximum Gasteiger partial charge on any atom is 0.261 e. The Kier molecular flexibility index (Phi) is 9.38. The van der Waals surface area contributed by atoms with Gasteiger partial charge in [0.15, 0.2) is 18.1 Å². The van der Waals surface area contributed by atoms with Gasteiger partial charge in [-0.05, 0) is 44.4 Å². The molecule has 0 bridgehead atoms. The van der Waals surface area contributed by atoms with Crippen LogP contribution in [0.25, 0.3) is 0 Å². The molecule has 0 aromatic heterocycles. The van der Waals surface area contributed by atoms with Crippen molar-refractivity contribution in [3.8, 4) is 11.5 Å². The summed E-state index contributed by atoms with van der Waals surface area (Å²) in [5.74, 6) is 0.654. The highest BCUT2D eigenvalue weighted by Crippen LogP contribution is 2.26. The Balaban J connectivity index is 2.24. The van der Waals surface area contributed by atoms with E-state index in [1.54, 1.807) is 24.1 Å². The molecule has 6 heteroatoms. The summed E-state index contributed by atoms with van der Waals surface area (Å²) in [4.78, 5) is 27.8. The van der Waals surface area contributed by atoms with Crippen LogP contribution < -0.4 is 14.8 Å². The zero-order chi connectivity index (χ0) is 22.8. The molecule has 2 aromatic carbocycles. The lowest BCUT2D eigenvalue weighted by atomic mass is 10.1. The van der Waals surface area contributed by atoms with Gasteiger partial charge in [-0.1, -0.05) is 55.8 Å². The predicted octanol–water partition coefficient (Wildman–Crippen LogP) is 4.10. The molecule has 0 aliphatic carbocycles. The number of ether oxygens (including phenoxy) is 2. The largest absolute Gasteiger partial charge is 0.493 e. The van der Waals surface area contributed by atoms with Gasteiger partial charge in [-0.3, -0.25) is 9.59 Å². The van der Waals surface area contributed by atoms with Crippen molar-refractivity contribution in [3.05, 3.63) is 59.7 Å². The van der Waals surface area contributed by atoms with Crippen molar-refractivity contribution in [1.29, 1.82) is 0 Å². The number of benzene rings is 2. The van der Waals surface area contributed by atoms with E-state index in [1.807, 2.05) is 64.1 Å². The molecule has 0 aliphatic rings. The molecule has 31 heavy (non-hydrogen) atoms. The van der Waals surface area contributed by atoms with Gasteiger partial charge >= 0.3 is 0 Å².